The highest BCUT2D eigenvalue weighted by Crippen LogP contribution is 2.21. The Balaban J connectivity index is 1.98. The third kappa shape index (κ3) is 2.76. The first-order valence-electron chi connectivity index (χ1n) is 6.25. The number of aromatic amines is 1. The van der Waals surface area contributed by atoms with Gasteiger partial charge in [-0.25, -0.2) is 18.1 Å². The van der Waals surface area contributed by atoms with Crippen LogP contribution in [0.15, 0.2) is 41.7 Å². The lowest BCUT2D eigenvalue weighted by Gasteiger charge is -2.08. The van der Waals surface area contributed by atoms with E-state index >= 15 is 0 Å². The minimum atomic E-state index is -3.68. The molecule has 0 aliphatic heterocycles. The number of hydrogen-bond acceptors (Lipinski definition) is 5. The van der Waals surface area contributed by atoms with Crippen LogP contribution in [0.25, 0.3) is 10.9 Å². The topological polar surface area (TPSA) is 101 Å². The number of sulfonamides is 1. The van der Waals surface area contributed by atoms with Gasteiger partial charge >= 0.3 is 0 Å². The number of H-pyrrole nitrogens is 1. The van der Waals surface area contributed by atoms with Crippen LogP contribution in [-0.2, 0) is 16.6 Å². The monoisotopic (exact) mass is 303 g/mol. The van der Waals surface area contributed by atoms with Gasteiger partial charge in [0.05, 0.1) is 12.1 Å². The smallest absolute Gasteiger partial charge is 0.243 e. The van der Waals surface area contributed by atoms with Gasteiger partial charge in [0.25, 0.3) is 0 Å². The first-order valence-corrected chi connectivity index (χ1v) is 7.74. The minimum Gasteiger partial charge on any atom is -0.262 e. The fourth-order valence-electron chi connectivity index (χ4n) is 2.02. The number of para-hydroxylation sites is 1. The van der Waals surface area contributed by atoms with Crippen LogP contribution in [0.5, 0.6) is 0 Å². The second-order valence-corrected chi connectivity index (χ2v) is 6.33. The van der Waals surface area contributed by atoms with Crippen molar-refractivity contribution in [2.75, 3.05) is 0 Å². The van der Waals surface area contributed by atoms with Gasteiger partial charge in [-0.2, -0.15) is 5.10 Å². The fourth-order valence-corrected chi connectivity index (χ4v) is 3.18. The molecule has 0 unspecified atom stereocenters. The Bertz CT molecular complexity index is 875. The molecular formula is C13H13N5O2S. The number of fused-ring (bicyclic) bond motifs is 1. The van der Waals surface area contributed by atoms with Gasteiger partial charge in [-0.05, 0) is 24.6 Å². The van der Waals surface area contributed by atoms with Crippen molar-refractivity contribution in [1.29, 1.82) is 0 Å². The molecule has 0 fully saturated rings. The molecular weight excluding hydrogens is 290 g/mol. The molecule has 0 radical (unpaired) electrons. The first kappa shape index (κ1) is 13.7. The molecule has 1 aromatic carbocycles. The van der Waals surface area contributed by atoms with Crippen LogP contribution in [-0.4, -0.2) is 28.6 Å². The summed E-state index contributed by atoms with van der Waals surface area (Å²) in [5.41, 5.74) is 1.43. The molecule has 2 N–H and O–H groups in total. The molecule has 0 aliphatic carbocycles. The number of benzene rings is 1. The highest BCUT2D eigenvalue weighted by atomic mass is 32.2. The normalized spacial score (nSPS) is 11.9. The highest BCUT2D eigenvalue weighted by molar-refractivity contribution is 7.89. The number of pyridine rings is 1. The molecule has 21 heavy (non-hydrogen) atoms. The van der Waals surface area contributed by atoms with Crippen LogP contribution in [0.4, 0.5) is 0 Å². The van der Waals surface area contributed by atoms with Crippen LogP contribution in [0, 0.1) is 6.92 Å². The number of aryl methyl sites for hydroxylation is 1. The van der Waals surface area contributed by atoms with Crippen molar-refractivity contribution < 1.29 is 8.42 Å². The molecule has 108 valence electrons. The maximum atomic E-state index is 12.4. The standard InChI is InChI=1S/C13H13N5O2S/c1-9-5-10-3-2-4-11(13(10)14-6-9)21(19,20)17-7-12-15-8-16-18-12/h2-6,8,17H,7H2,1H3,(H,15,16,18). The molecule has 0 aliphatic rings. The molecule has 0 saturated carbocycles. The van der Waals surface area contributed by atoms with Crippen LogP contribution >= 0.6 is 0 Å². The first-order chi connectivity index (χ1) is 10.1. The van der Waals surface area contributed by atoms with Crippen LogP contribution in [0.1, 0.15) is 11.4 Å². The molecule has 7 nitrogen and oxygen atoms in total. The third-order valence-electron chi connectivity index (χ3n) is 2.99. The zero-order chi connectivity index (χ0) is 14.9. The van der Waals surface area contributed by atoms with Crippen LogP contribution in [0.2, 0.25) is 0 Å². The summed E-state index contributed by atoms with van der Waals surface area (Å²) in [6.07, 6.45) is 2.98. The predicted molar refractivity (Wildman–Crippen MR) is 76.9 cm³/mol. The van der Waals surface area contributed by atoms with Gasteiger partial charge in [-0.1, -0.05) is 12.1 Å². The van der Waals surface area contributed by atoms with E-state index in [0.717, 1.165) is 10.9 Å². The van der Waals surface area contributed by atoms with E-state index in [-0.39, 0.29) is 11.4 Å². The van der Waals surface area contributed by atoms with Gasteiger partial charge in [0.1, 0.15) is 17.0 Å². The molecule has 8 heteroatoms. The Kier molecular flexibility index (Phi) is 3.40. The van der Waals surface area contributed by atoms with Crippen molar-refractivity contribution in [3.05, 3.63) is 48.2 Å². The molecule has 2 aromatic heterocycles. The van der Waals surface area contributed by atoms with E-state index in [2.05, 4.69) is 24.9 Å². The summed E-state index contributed by atoms with van der Waals surface area (Å²) in [5, 5.41) is 7.06. The summed E-state index contributed by atoms with van der Waals surface area (Å²) in [6, 6.07) is 6.97. The van der Waals surface area contributed by atoms with Gasteiger partial charge in [-0.3, -0.25) is 10.1 Å². The Labute approximate surface area is 121 Å². The predicted octanol–water partition coefficient (Wildman–Crippen LogP) is 1.14. The van der Waals surface area contributed by atoms with Crippen molar-refractivity contribution in [2.24, 2.45) is 0 Å². The zero-order valence-electron chi connectivity index (χ0n) is 11.2. The van der Waals surface area contributed by atoms with E-state index in [1.54, 1.807) is 12.3 Å². The van der Waals surface area contributed by atoms with Gasteiger partial charge in [0.15, 0.2) is 0 Å². The third-order valence-corrected chi connectivity index (χ3v) is 4.43. The highest BCUT2D eigenvalue weighted by Gasteiger charge is 2.18. The Hall–Kier alpha value is -2.32. The SMILES string of the molecule is Cc1cnc2c(S(=O)(=O)NCc3ncn[nH]3)cccc2c1. The van der Waals surface area contributed by atoms with E-state index in [1.165, 1.54) is 12.4 Å². The summed E-state index contributed by atoms with van der Waals surface area (Å²) < 4.78 is 27.3. The average molecular weight is 303 g/mol. The van der Waals surface area contributed by atoms with Crippen molar-refractivity contribution in [3.8, 4) is 0 Å². The lowest BCUT2D eigenvalue weighted by Crippen LogP contribution is -2.24. The molecule has 0 atom stereocenters. The lowest BCUT2D eigenvalue weighted by molar-refractivity contribution is 0.580. The number of aromatic nitrogens is 4. The summed E-state index contributed by atoms with van der Waals surface area (Å²) in [6.45, 7) is 1.96. The number of hydrogen-bond donors (Lipinski definition) is 2. The van der Waals surface area contributed by atoms with E-state index in [9.17, 15) is 8.42 Å². The Morgan fingerprint density at radius 3 is 2.90 bits per heavy atom. The van der Waals surface area contributed by atoms with Crippen LogP contribution in [0.3, 0.4) is 0 Å². The summed E-state index contributed by atoms with van der Waals surface area (Å²) in [7, 11) is -3.68. The molecule has 3 aromatic rings. The van der Waals surface area contributed by atoms with Crippen LogP contribution < -0.4 is 4.72 Å². The molecule has 2 heterocycles. The maximum absolute atomic E-state index is 12.4. The lowest BCUT2D eigenvalue weighted by atomic mass is 10.2. The van der Waals surface area contributed by atoms with Crippen molar-refractivity contribution in [3.63, 3.8) is 0 Å². The van der Waals surface area contributed by atoms with E-state index < -0.39 is 10.0 Å². The molecule has 3 rings (SSSR count). The molecule has 0 amide bonds. The average Bonchev–Trinajstić information content (AvgIpc) is 2.97. The van der Waals surface area contributed by atoms with Gasteiger partial charge in [-0.15, -0.1) is 0 Å². The molecule has 0 spiro atoms. The van der Waals surface area contributed by atoms with Gasteiger partial charge in [0.2, 0.25) is 10.0 Å². The molecule has 0 saturated heterocycles. The van der Waals surface area contributed by atoms with Crippen molar-refractivity contribution in [1.82, 2.24) is 24.9 Å². The largest absolute Gasteiger partial charge is 0.262 e. The number of nitrogens with zero attached hydrogens (tertiary/aromatic N) is 3. The van der Waals surface area contributed by atoms with E-state index in [1.807, 2.05) is 19.1 Å². The van der Waals surface area contributed by atoms with E-state index in [4.69, 9.17) is 0 Å². The number of nitrogens with one attached hydrogen (secondary N) is 2. The maximum Gasteiger partial charge on any atom is 0.243 e. The summed E-state index contributed by atoms with van der Waals surface area (Å²) in [5.74, 6) is 0.447. The number of rotatable bonds is 4. The summed E-state index contributed by atoms with van der Waals surface area (Å²) in [4.78, 5) is 8.27. The van der Waals surface area contributed by atoms with Gasteiger partial charge < -0.3 is 0 Å². The summed E-state index contributed by atoms with van der Waals surface area (Å²) >= 11 is 0. The molecule has 0 bridgehead atoms. The second-order valence-electron chi connectivity index (χ2n) is 4.60. The Morgan fingerprint density at radius 1 is 1.29 bits per heavy atom. The zero-order valence-corrected chi connectivity index (χ0v) is 12.1. The van der Waals surface area contributed by atoms with Crippen molar-refractivity contribution >= 4 is 20.9 Å². The van der Waals surface area contributed by atoms with Crippen molar-refractivity contribution in [2.45, 2.75) is 18.4 Å². The minimum absolute atomic E-state index is 0.0462. The van der Waals surface area contributed by atoms with Gasteiger partial charge in [0, 0.05) is 11.6 Å². The quantitative estimate of drug-likeness (QED) is 0.752. The Morgan fingerprint density at radius 2 is 2.14 bits per heavy atom. The second kappa shape index (κ2) is 5.23. The fraction of sp³-hybridized carbons (Fsp3) is 0.154. The van der Waals surface area contributed by atoms with E-state index in [0.29, 0.717) is 11.3 Å².